The molecule has 46 heavy (non-hydrogen) atoms. The number of nitrogens with zero attached hydrogens (tertiary/aromatic N) is 3. The van der Waals surface area contributed by atoms with Gasteiger partial charge in [-0.3, -0.25) is 14.3 Å². The number of carboxylic acids is 1. The standard InChI is InChI=1S/C35H35N3O7.Na/c1-4-43-30-17-25(18-31(44-5-2)32(30)26-20-36-37(3)21-26)33(40)38-13-11-35(12-14-38)19-28(39)27-16-23(9-10-29(27)45-35)22-7-6-8-24(15-22)34(41)42;/h6-10,15-18,20-21H,4-5,11-14,19H2,1-3H3,(H,41,42);/q;+1/p-1. The molecule has 3 heterocycles. The molecule has 2 aliphatic heterocycles. The van der Waals surface area contributed by atoms with Gasteiger partial charge in [-0.1, -0.05) is 24.3 Å². The second-order valence-corrected chi connectivity index (χ2v) is 11.4. The normalized spacial score (nSPS) is 15.0. The molecule has 1 aromatic heterocycles. The number of Topliss-reactive ketones (excluding diaryl/α,β-unsaturated/α-hetero) is 1. The van der Waals surface area contributed by atoms with Crippen molar-refractivity contribution in [3.8, 4) is 39.5 Å². The molecule has 232 valence electrons. The van der Waals surface area contributed by atoms with E-state index in [1.54, 1.807) is 52.2 Å². The van der Waals surface area contributed by atoms with Gasteiger partial charge >= 0.3 is 29.6 Å². The Morgan fingerprint density at radius 2 is 1.61 bits per heavy atom. The molecule has 11 heteroatoms. The Balaban J connectivity index is 0.00000417. The maximum Gasteiger partial charge on any atom is 1.00 e. The summed E-state index contributed by atoms with van der Waals surface area (Å²) in [6.45, 7) is 5.48. The summed E-state index contributed by atoms with van der Waals surface area (Å²) in [4.78, 5) is 40.3. The van der Waals surface area contributed by atoms with Gasteiger partial charge in [-0.25, -0.2) is 0 Å². The fourth-order valence-electron chi connectivity index (χ4n) is 6.16. The summed E-state index contributed by atoms with van der Waals surface area (Å²) in [5, 5.41) is 15.6. The van der Waals surface area contributed by atoms with E-state index in [1.165, 1.54) is 12.1 Å². The van der Waals surface area contributed by atoms with Crippen LogP contribution >= 0.6 is 0 Å². The van der Waals surface area contributed by atoms with Crippen molar-refractivity contribution in [3.63, 3.8) is 0 Å². The van der Waals surface area contributed by atoms with Crippen LogP contribution < -0.4 is 48.9 Å². The van der Waals surface area contributed by atoms with Gasteiger partial charge in [0.2, 0.25) is 0 Å². The first kappa shape index (κ1) is 33.2. The Kier molecular flexibility index (Phi) is 9.91. The van der Waals surface area contributed by atoms with Crippen molar-refractivity contribution in [1.29, 1.82) is 0 Å². The van der Waals surface area contributed by atoms with Crippen LogP contribution in [-0.4, -0.2) is 64.2 Å². The number of likely N-dealkylation sites (tertiary alicyclic amines) is 1. The third-order valence-electron chi connectivity index (χ3n) is 8.39. The van der Waals surface area contributed by atoms with Crippen LogP contribution in [0.25, 0.3) is 22.3 Å². The molecule has 1 spiro atoms. The minimum Gasteiger partial charge on any atom is -0.545 e. The molecule has 1 amide bonds. The smallest absolute Gasteiger partial charge is 0.545 e. The van der Waals surface area contributed by atoms with E-state index >= 15 is 0 Å². The van der Waals surface area contributed by atoms with E-state index in [4.69, 9.17) is 14.2 Å². The van der Waals surface area contributed by atoms with E-state index < -0.39 is 11.6 Å². The van der Waals surface area contributed by atoms with Crippen molar-refractivity contribution < 1.29 is 63.3 Å². The second-order valence-electron chi connectivity index (χ2n) is 11.4. The Hall–Kier alpha value is -4.12. The predicted molar refractivity (Wildman–Crippen MR) is 165 cm³/mol. The minimum absolute atomic E-state index is 0. The van der Waals surface area contributed by atoms with Crippen molar-refractivity contribution in [2.45, 2.75) is 38.7 Å². The van der Waals surface area contributed by atoms with E-state index in [1.807, 2.05) is 33.2 Å². The van der Waals surface area contributed by atoms with Crippen molar-refractivity contribution >= 4 is 17.7 Å². The minimum atomic E-state index is -1.26. The molecular weight excluding hydrogens is 597 g/mol. The first-order valence-electron chi connectivity index (χ1n) is 15.1. The Morgan fingerprint density at radius 3 is 2.22 bits per heavy atom. The number of aromatic nitrogens is 2. The van der Waals surface area contributed by atoms with E-state index in [0.29, 0.717) is 73.1 Å². The molecule has 1 saturated heterocycles. The Bertz CT molecular complexity index is 1770. The molecule has 0 radical (unpaired) electrons. The number of carbonyl (C=O) groups is 3. The first-order chi connectivity index (χ1) is 21.7. The SMILES string of the molecule is CCOc1cc(C(=O)N2CCC3(CC2)CC(=O)c2cc(-c4cccc(C(=O)[O-])c4)ccc2O3)cc(OCC)c1-c1cnn(C)c1.[Na+]. The van der Waals surface area contributed by atoms with Crippen molar-refractivity contribution in [3.05, 3.63) is 83.7 Å². The molecule has 2 aliphatic rings. The summed E-state index contributed by atoms with van der Waals surface area (Å²) in [6, 6.07) is 15.3. The van der Waals surface area contributed by atoms with Gasteiger partial charge in [0.05, 0.1) is 42.9 Å². The summed E-state index contributed by atoms with van der Waals surface area (Å²) in [5.41, 5.74) is 3.28. The van der Waals surface area contributed by atoms with Crippen molar-refractivity contribution in [2.24, 2.45) is 7.05 Å². The van der Waals surface area contributed by atoms with Crippen molar-refractivity contribution in [1.82, 2.24) is 14.7 Å². The van der Waals surface area contributed by atoms with Gasteiger partial charge < -0.3 is 29.0 Å². The van der Waals surface area contributed by atoms with Crippen LogP contribution in [0.15, 0.2) is 67.0 Å². The van der Waals surface area contributed by atoms with Crippen LogP contribution in [0.3, 0.4) is 0 Å². The zero-order valence-corrected chi connectivity index (χ0v) is 28.5. The van der Waals surface area contributed by atoms with Crippen molar-refractivity contribution in [2.75, 3.05) is 26.3 Å². The monoisotopic (exact) mass is 631 g/mol. The van der Waals surface area contributed by atoms with E-state index in [-0.39, 0.29) is 53.2 Å². The Morgan fingerprint density at radius 1 is 0.935 bits per heavy atom. The molecule has 0 aliphatic carbocycles. The van der Waals surface area contributed by atoms with Crippen LogP contribution in [0.4, 0.5) is 0 Å². The third-order valence-corrected chi connectivity index (χ3v) is 8.39. The van der Waals surface area contributed by atoms with Gasteiger partial charge in [-0.2, -0.15) is 5.10 Å². The number of benzene rings is 3. The quantitative estimate of drug-likeness (QED) is 0.269. The molecule has 0 N–H and O–H groups in total. The van der Waals surface area contributed by atoms with Gasteiger partial charge in [-0.15, -0.1) is 0 Å². The number of aromatic carboxylic acids is 1. The molecular formula is C35H34N3NaO7. The number of aryl methyl sites for hydroxylation is 1. The number of ketones is 1. The zero-order chi connectivity index (χ0) is 31.7. The number of carbonyl (C=O) groups excluding carboxylic acids is 3. The third kappa shape index (κ3) is 6.56. The number of carboxylic acid groups (broad SMARTS) is 1. The molecule has 0 atom stereocenters. The van der Waals surface area contributed by atoms with Crippen LogP contribution in [-0.2, 0) is 7.05 Å². The number of piperidine rings is 1. The molecule has 1 fully saturated rings. The maximum atomic E-state index is 13.8. The zero-order valence-electron chi connectivity index (χ0n) is 26.5. The number of amides is 1. The van der Waals surface area contributed by atoms with Gasteiger partial charge in [0.1, 0.15) is 22.8 Å². The van der Waals surface area contributed by atoms with Crippen LogP contribution in [0, 0.1) is 0 Å². The number of rotatable bonds is 8. The Labute approximate surface area is 289 Å². The van der Waals surface area contributed by atoms with Gasteiger partial charge in [0.25, 0.3) is 5.91 Å². The molecule has 0 saturated carbocycles. The average molecular weight is 632 g/mol. The number of ether oxygens (including phenoxy) is 3. The van der Waals surface area contributed by atoms with E-state index in [0.717, 1.165) is 16.7 Å². The fraction of sp³-hybridized carbons (Fsp3) is 0.314. The summed E-state index contributed by atoms with van der Waals surface area (Å²) in [7, 11) is 1.84. The molecule has 6 rings (SSSR count). The van der Waals surface area contributed by atoms with Crippen LogP contribution in [0.2, 0.25) is 0 Å². The molecule has 0 unspecified atom stereocenters. The van der Waals surface area contributed by atoms with Gasteiger partial charge in [0.15, 0.2) is 5.78 Å². The molecule has 4 aromatic rings. The van der Waals surface area contributed by atoms with E-state index in [9.17, 15) is 19.5 Å². The predicted octanol–water partition coefficient (Wildman–Crippen LogP) is 1.56. The first-order valence-corrected chi connectivity index (χ1v) is 15.1. The fourth-order valence-corrected chi connectivity index (χ4v) is 6.16. The average Bonchev–Trinajstić information content (AvgIpc) is 3.46. The number of hydrogen-bond donors (Lipinski definition) is 0. The largest absolute Gasteiger partial charge is 1.00 e. The molecule has 3 aromatic carbocycles. The summed E-state index contributed by atoms with van der Waals surface area (Å²) in [6.07, 6.45) is 4.83. The summed E-state index contributed by atoms with van der Waals surface area (Å²) < 4.78 is 20.1. The molecule has 0 bridgehead atoms. The maximum absolute atomic E-state index is 13.8. The van der Waals surface area contributed by atoms with E-state index in [2.05, 4.69) is 5.10 Å². The summed E-state index contributed by atoms with van der Waals surface area (Å²) in [5.74, 6) is 0.165. The van der Waals surface area contributed by atoms with Gasteiger partial charge in [-0.05, 0) is 60.9 Å². The molecule has 10 nitrogen and oxygen atoms in total. The number of hydrogen-bond acceptors (Lipinski definition) is 8. The topological polar surface area (TPSA) is 123 Å². The van der Waals surface area contributed by atoms with Gasteiger partial charge in [0, 0.05) is 50.3 Å². The number of fused-ring (bicyclic) bond motifs is 1. The second kappa shape index (κ2) is 13.7. The van der Waals surface area contributed by atoms with Crippen LogP contribution in [0.5, 0.6) is 17.2 Å². The summed E-state index contributed by atoms with van der Waals surface area (Å²) >= 11 is 0. The van der Waals surface area contributed by atoms with Crippen LogP contribution in [0.1, 0.15) is 64.2 Å².